The van der Waals surface area contributed by atoms with Gasteiger partial charge in [-0.1, -0.05) is 49.9 Å². The SMILES string of the molecule is CCc1ccccc1CN=C1NC(C)CC(C)S1. The minimum Gasteiger partial charge on any atom is -0.362 e. The maximum absolute atomic E-state index is 4.73. The van der Waals surface area contributed by atoms with E-state index in [0.29, 0.717) is 11.3 Å². The molecule has 1 fully saturated rings. The van der Waals surface area contributed by atoms with Gasteiger partial charge in [0, 0.05) is 11.3 Å². The summed E-state index contributed by atoms with van der Waals surface area (Å²) < 4.78 is 0. The van der Waals surface area contributed by atoms with E-state index in [-0.39, 0.29) is 0 Å². The summed E-state index contributed by atoms with van der Waals surface area (Å²) in [5, 5.41) is 5.24. The molecule has 0 saturated carbocycles. The van der Waals surface area contributed by atoms with Gasteiger partial charge < -0.3 is 5.32 Å². The van der Waals surface area contributed by atoms with Crippen molar-refractivity contribution in [1.29, 1.82) is 0 Å². The van der Waals surface area contributed by atoms with Crippen molar-refractivity contribution >= 4 is 16.9 Å². The standard InChI is InChI=1S/C15H22N2S/c1-4-13-7-5-6-8-14(13)10-16-15-17-11(2)9-12(3)18-15/h5-8,11-12H,4,9-10H2,1-3H3,(H,16,17). The van der Waals surface area contributed by atoms with Crippen molar-refractivity contribution in [2.24, 2.45) is 4.99 Å². The lowest BCUT2D eigenvalue weighted by atomic mass is 10.1. The molecule has 1 aromatic rings. The Morgan fingerprint density at radius 3 is 2.67 bits per heavy atom. The third-order valence-electron chi connectivity index (χ3n) is 3.26. The van der Waals surface area contributed by atoms with E-state index < -0.39 is 0 Å². The van der Waals surface area contributed by atoms with Crippen LogP contribution in [0.25, 0.3) is 0 Å². The van der Waals surface area contributed by atoms with Gasteiger partial charge in [0.05, 0.1) is 6.54 Å². The second-order valence-electron chi connectivity index (χ2n) is 4.95. The Bertz CT molecular complexity index is 416. The summed E-state index contributed by atoms with van der Waals surface area (Å²) in [6.45, 7) is 7.49. The number of nitrogens with one attached hydrogen (secondary N) is 1. The van der Waals surface area contributed by atoms with Crippen LogP contribution in [0.3, 0.4) is 0 Å². The highest BCUT2D eigenvalue weighted by atomic mass is 32.2. The number of benzene rings is 1. The van der Waals surface area contributed by atoms with Gasteiger partial charge in [0.25, 0.3) is 0 Å². The molecule has 3 heteroatoms. The number of nitrogens with zero attached hydrogens (tertiary/aromatic N) is 1. The Labute approximate surface area is 114 Å². The van der Waals surface area contributed by atoms with Gasteiger partial charge in [0.2, 0.25) is 0 Å². The number of hydrogen-bond acceptors (Lipinski definition) is 2. The van der Waals surface area contributed by atoms with Crippen LogP contribution in [-0.4, -0.2) is 16.5 Å². The van der Waals surface area contributed by atoms with Crippen LogP contribution in [0.4, 0.5) is 0 Å². The molecule has 98 valence electrons. The van der Waals surface area contributed by atoms with Crippen molar-refractivity contribution in [2.45, 2.75) is 51.4 Å². The van der Waals surface area contributed by atoms with E-state index in [1.54, 1.807) is 0 Å². The van der Waals surface area contributed by atoms with Gasteiger partial charge in [-0.2, -0.15) is 0 Å². The zero-order chi connectivity index (χ0) is 13.0. The van der Waals surface area contributed by atoms with Gasteiger partial charge in [-0.3, -0.25) is 4.99 Å². The third-order valence-corrected chi connectivity index (χ3v) is 4.33. The van der Waals surface area contributed by atoms with Gasteiger partial charge in [-0.15, -0.1) is 0 Å². The predicted octanol–water partition coefficient (Wildman–Crippen LogP) is 3.61. The molecule has 1 aliphatic heterocycles. The van der Waals surface area contributed by atoms with E-state index >= 15 is 0 Å². The molecule has 1 aliphatic rings. The predicted molar refractivity (Wildman–Crippen MR) is 81.2 cm³/mol. The first kappa shape index (κ1) is 13.5. The smallest absolute Gasteiger partial charge is 0.157 e. The van der Waals surface area contributed by atoms with Crippen LogP contribution >= 0.6 is 11.8 Å². The summed E-state index contributed by atoms with van der Waals surface area (Å²) in [6.07, 6.45) is 2.30. The van der Waals surface area contributed by atoms with E-state index in [4.69, 9.17) is 4.99 Å². The number of thioether (sulfide) groups is 1. The van der Waals surface area contributed by atoms with Gasteiger partial charge in [-0.25, -0.2) is 0 Å². The first-order chi connectivity index (χ1) is 8.69. The van der Waals surface area contributed by atoms with E-state index in [9.17, 15) is 0 Å². The van der Waals surface area contributed by atoms with Crippen molar-refractivity contribution in [3.05, 3.63) is 35.4 Å². The van der Waals surface area contributed by atoms with Crippen molar-refractivity contribution in [3.63, 3.8) is 0 Å². The zero-order valence-electron chi connectivity index (χ0n) is 11.4. The topological polar surface area (TPSA) is 24.4 Å². The summed E-state index contributed by atoms with van der Waals surface area (Å²) >= 11 is 1.86. The average Bonchev–Trinajstić information content (AvgIpc) is 2.35. The maximum Gasteiger partial charge on any atom is 0.157 e. The van der Waals surface area contributed by atoms with Crippen LogP contribution in [0, 0.1) is 0 Å². The molecule has 1 N–H and O–H groups in total. The highest BCUT2D eigenvalue weighted by Gasteiger charge is 2.19. The molecule has 0 radical (unpaired) electrons. The quantitative estimate of drug-likeness (QED) is 0.900. The molecule has 2 nitrogen and oxygen atoms in total. The molecule has 0 amide bonds. The Morgan fingerprint density at radius 2 is 2.00 bits per heavy atom. The molecule has 2 rings (SSSR count). The summed E-state index contributed by atoms with van der Waals surface area (Å²) in [7, 11) is 0. The summed E-state index contributed by atoms with van der Waals surface area (Å²) in [4.78, 5) is 4.73. The molecule has 2 unspecified atom stereocenters. The highest BCUT2D eigenvalue weighted by molar-refractivity contribution is 8.14. The van der Waals surface area contributed by atoms with Gasteiger partial charge in [-0.05, 0) is 30.9 Å². The van der Waals surface area contributed by atoms with E-state index in [1.807, 2.05) is 11.8 Å². The highest BCUT2D eigenvalue weighted by Crippen LogP contribution is 2.23. The number of aliphatic imine (C=N–C) groups is 1. The van der Waals surface area contributed by atoms with Crippen LogP contribution in [0.2, 0.25) is 0 Å². The lowest BCUT2D eigenvalue weighted by Crippen LogP contribution is -2.38. The lowest BCUT2D eigenvalue weighted by Gasteiger charge is -2.26. The fourth-order valence-corrected chi connectivity index (χ4v) is 3.51. The third kappa shape index (κ3) is 3.52. The lowest BCUT2D eigenvalue weighted by molar-refractivity contribution is 0.597. The van der Waals surface area contributed by atoms with Gasteiger partial charge in [0.1, 0.15) is 0 Å². The minimum absolute atomic E-state index is 0.543. The molecule has 0 spiro atoms. The Hall–Kier alpha value is -0.960. The van der Waals surface area contributed by atoms with Gasteiger partial charge >= 0.3 is 0 Å². The summed E-state index contributed by atoms with van der Waals surface area (Å²) in [5.74, 6) is 0. The molecule has 0 bridgehead atoms. The normalized spacial score (nSPS) is 26.1. The first-order valence-electron chi connectivity index (χ1n) is 6.73. The number of aryl methyl sites for hydroxylation is 1. The van der Waals surface area contributed by atoms with Crippen molar-refractivity contribution in [1.82, 2.24) is 5.32 Å². The summed E-state index contributed by atoms with van der Waals surface area (Å²) in [5.41, 5.74) is 2.75. The van der Waals surface area contributed by atoms with E-state index in [1.165, 1.54) is 17.5 Å². The molecular formula is C15H22N2S. The molecule has 0 aliphatic carbocycles. The maximum atomic E-state index is 4.73. The van der Waals surface area contributed by atoms with Gasteiger partial charge in [0.15, 0.2) is 5.17 Å². The van der Waals surface area contributed by atoms with Crippen LogP contribution < -0.4 is 5.32 Å². The van der Waals surface area contributed by atoms with E-state index in [0.717, 1.165) is 18.1 Å². The Kier molecular flexibility index (Phi) is 4.70. The molecule has 1 saturated heterocycles. The first-order valence-corrected chi connectivity index (χ1v) is 7.61. The molecular weight excluding hydrogens is 240 g/mol. The van der Waals surface area contributed by atoms with Crippen molar-refractivity contribution in [2.75, 3.05) is 0 Å². The molecule has 1 aromatic carbocycles. The van der Waals surface area contributed by atoms with Crippen molar-refractivity contribution < 1.29 is 0 Å². The number of hydrogen-bond donors (Lipinski definition) is 1. The molecule has 0 aromatic heterocycles. The van der Waals surface area contributed by atoms with Crippen LogP contribution in [0.5, 0.6) is 0 Å². The Balaban J connectivity index is 2.05. The monoisotopic (exact) mass is 262 g/mol. The number of amidine groups is 1. The number of rotatable bonds is 3. The largest absolute Gasteiger partial charge is 0.362 e. The molecule has 2 atom stereocenters. The fraction of sp³-hybridized carbons (Fsp3) is 0.533. The molecule has 1 heterocycles. The average molecular weight is 262 g/mol. The second kappa shape index (κ2) is 6.28. The molecule has 18 heavy (non-hydrogen) atoms. The Morgan fingerprint density at radius 1 is 1.28 bits per heavy atom. The van der Waals surface area contributed by atoms with Crippen LogP contribution in [0.1, 0.15) is 38.3 Å². The summed E-state index contributed by atoms with van der Waals surface area (Å²) in [6, 6.07) is 9.13. The van der Waals surface area contributed by atoms with Crippen molar-refractivity contribution in [3.8, 4) is 0 Å². The van der Waals surface area contributed by atoms with Crippen LogP contribution in [0.15, 0.2) is 29.3 Å². The zero-order valence-corrected chi connectivity index (χ0v) is 12.3. The fourth-order valence-electron chi connectivity index (χ4n) is 2.34. The minimum atomic E-state index is 0.543. The second-order valence-corrected chi connectivity index (χ2v) is 6.38. The van der Waals surface area contributed by atoms with E-state index in [2.05, 4.69) is 50.4 Å². The van der Waals surface area contributed by atoms with Crippen LogP contribution in [-0.2, 0) is 13.0 Å².